The fraction of sp³-hybridized carbons (Fsp3) is 1.00. The van der Waals surface area contributed by atoms with Crippen LogP contribution in [0.4, 0.5) is 0 Å². The summed E-state index contributed by atoms with van der Waals surface area (Å²) >= 11 is 0. The Morgan fingerprint density at radius 2 is 1.00 bits per heavy atom. The third-order valence-electron chi connectivity index (χ3n) is 4.55. The first-order valence-corrected chi connectivity index (χ1v) is 12.6. The smallest absolute Gasteiger partial charge is 0.325 e. The summed E-state index contributed by atoms with van der Waals surface area (Å²) < 4.78 is 21.7. The Balaban J connectivity index is 3.02. The molecule has 0 aliphatic rings. The second-order valence-corrected chi connectivity index (χ2v) is 9.05. The molecule has 26 heavy (non-hydrogen) atoms. The fourth-order valence-electron chi connectivity index (χ4n) is 2.92. The molecule has 0 aromatic carbocycles. The molecule has 0 heterocycles. The van der Waals surface area contributed by atoms with Crippen LogP contribution in [0.1, 0.15) is 103 Å². The highest BCUT2D eigenvalue weighted by Gasteiger charge is 2.10. The maximum atomic E-state index is 10.7. The van der Waals surface area contributed by atoms with Crippen molar-refractivity contribution in [2.45, 2.75) is 103 Å². The van der Waals surface area contributed by atoms with Crippen LogP contribution in [0.25, 0.3) is 0 Å². The zero-order valence-electron chi connectivity index (χ0n) is 17.0. The molecule has 2 N–H and O–H groups in total. The zero-order chi connectivity index (χ0) is 19.3. The highest BCUT2D eigenvalue weighted by molar-refractivity contribution is 7.51. The molecule has 0 aliphatic heterocycles. The van der Waals surface area contributed by atoms with Crippen LogP contribution in [0.3, 0.4) is 0 Å². The SMILES string of the molecule is CCCCCCCCCCOCOCCCCCCCCCP(=O)(O)O. The third kappa shape index (κ3) is 24.1. The standard InChI is InChI=1S/C20H43O5P/c1-2-3-4-5-6-8-11-14-17-24-20-25-18-15-12-9-7-10-13-16-19-26(21,22)23/h2-20H2,1H3,(H2,21,22,23). The van der Waals surface area contributed by atoms with E-state index in [2.05, 4.69) is 6.92 Å². The first-order valence-electron chi connectivity index (χ1n) is 10.8. The maximum absolute atomic E-state index is 10.7. The van der Waals surface area contributed by atoms with Crippen LogP contribution < -0.4 is 0 Å². The lowest BCUT2D eigenvalue weighted by molar-refractivity contribution is -0.0556. The van der Waals surface area contributed by atoms with Crippen LogP contribution >= 0.6 is 7.60 Å². The summed E-state index contributed by atoms with van der Waals surface area (Å²) in [5, 5.41) is 0. The van der Waals surface area contributed by atoms with Crippen LogP contribution in [-0.4, -0.2) is 36.0 Å². The van der Waals surface area contributed by atoms with E-state index in [-0.39, 0.29) is 6.16 Å². The summed E-state index contributed by atoms with van der Waals surface area (Å²) in [6, 6.07) is 0. The van der Waals surface area contributed by atoms with Gasteiger partial charge in [-0.2, -0.15) is 0 Å². The van der Waals surface area contributed by atoms with Gasteiger partial charge in [0.15, 0.2) is 0 Å². The molecule has 158 valence electrons. The zero-order valence-corrected chi connectivity index (χ0v) is 17.9. The van der Waals surface area contributed by atoms with Gasteiger partial charge in [-0.15, -0.1) is 0 Å². The summed E-state index contributed by atoms with van der Waals surface area (Å²) in [5.74, 6) is 0. The molecular formula is C20H43O5P. The molecule has 6 heteroatoms. The number of ether oxygens (including phenoxy) is 2. The maximum Gasteiger partial charge on any atom is 0.325 e. The Kier molecular flexibility index (Phi) is 19.9. The quantitative estimate of drug-likeness (QED) is 0.141. The van der Waals surface area contributed by atoms with Crippen LogP contribution in [0.15, 0.2) is 0 Å². The molecule has 0 spiro atoms. The van der Waals surface area contributed by atoms with Gasteiger partial charge in [0.1, 0.15) is 6.79 Å². The topological polar surface area (TPSA) is 76.0 Å². The molecule has 0 aliphatic carbocycles. The van der Waals surface area contributed by atoms with E-state index in [4.69, 9.17) is 19.3 Å². The van der Waals surface area contributed by atoms with E-state index in [1.165, 1.54) is 51.4 Å². The van der Waals surface area contributed by atoms with Crippen molar-refractivity contribution in [1.82, 2.24) is 0 Å². The van der Waals surface area contributed by atoms with Crippen molar-refractivity contribution in [2.75, 3.05) is 26.2 Å². The Labute approximate surface area is 161 Å². The van der Waals surface area contributed by atoms with Crippen molar-refractivity contribution in [2.24, 2.45) is 0 Å². The average molecular weight is 395 g/mol. The van der Waals surface area contributed by atoms with E-state index < -0.39 is 7.60 Å². The molecule has 0 aromatic heterocycles. The molecule has 0 aromatic rings. The number of hydrogen-bond acceptors (Lipinski definition) is 3. The van der Waals surface area contributed by atoms with Gasteiger partial charge in [0.05, 0.1) is 0 Å². The molecule has 0 saturated carbocycles. The number of hydrogen-bond donors (Lipinski definition) is 2. The lowest BCUT2D eigenvalue weighted by Gasteiger charge is -2.06. The van der Waals surface area contributed by atoms with Crippen LogP contribution in [0.5, 0.6) is 0 Å². The summed E-state index contributed by atoms with van der Waals surface area (Å²) in [4.78, 5) is 17.5. The molecule has 0 rings (SSSR count). The molecule has 5 nitrogen and oxygen atoms in total. The first kappa shape index (κ1) is 26.1. The lowest BCUT2D eigenvalue weighted by atomic mass is 10.1. The van der Waals surface area contributed by atoms with Crippen molar-refractivity contribution < 1.29 is 23.8 Å². The van der Waals surface area contributed by atoms with Gasteiger partial charge in [-0.25, -0.2) is 0 Å². The fourth-order valence-corrected chi connectivity index (χ4v) is 3.56. The Bertz CT molecular complexity index is 319. The van der Waals surface area contributed by atoms with E-state index in [1.807, 2.05) is 0 Å². The first-order chi connectivity index (χ1) is 12.6. The van der Waals surface area contributed by atoms with Gasteiger partial charge in [-0.3, -0.25) is 4.57 Å². The van der Waals surface area contributed by atoms with Crippen molar-refractivity contribution >= 4 is 7.60 Å². The molecule has 0 unspecified atom stereocenters. The number of rotatable bonds is 21. The van der Waals surface area contributed by atoms with Crippen LogP contribution in [0.2, 0.25) is 0 Å². The van der Waals surface area contributed by atoms with Gasteiger partial charge in [0, 0.05) is 19.4 Å². The van der Waals surface area contributed by atoms with Crippen molar-refractivity contribution in [1.29, 1.82) is 0 Å². The average Bonchev–Trinajstić information content (AvgIpc) is 2.59. The summed E-state index contributed by atoms with van der Waals surface area (Å²) in [6.07, 6.45) is 17.7. The van der Waals surface area contributed by atoms with Gasteiger partial charge < -0.3 is 19.3 Å². The Morgan fingerprint density at radius 3 is 1.42 bits per heavy atom. The monoisotopic (exact) mass is 394 g/mol. The lowest BCUT2D eigenvalue weighted by Crippen LogP contribution is -2.03. The van der Waals surface area contributed by atoms with E-state index >= 15 is 0 Å². The van der Waals surface area contributed by atoms with E-state index in [1.54, 1.807) is 0 Å². The predicted octanol–water partition coefficient (Wildman–Crippen LogP) is 6.03. The highest BCUT2D eigenvalue weighted by Crippen LogP contribution is 2.35. The molecule has 0 radical (unpaired) electrons. The van der Waals surface area contributed by atoms with Gasteiger partial charge in [-0.1, -0.05) is 84.0 Å². The van der Waals surface area contributed by atoms with E-state index in [9.17, 15) is 4.57 Å². The van der Waals surface area contributed by atoms with Gasteiger partial charge in [0.25, 0.3) is 0 Å². The largest absolute Gasteiger partial charge is 0.355 e. The molecular weight excluding hydrogens is 351 g/mol. The number of unbranched alkanes of at least 4 members (excludes halogenated alkanes) is 13. The summed E-state index contributed by atoms with van der Waals surface area (Å²) in [5.41, 5.74) is 0. The second kappa shape index (κ2) is 19.8. The minimum absolute atomic E-state index is 0.0276. The van der Waals surface area contributed by atoms with Crippen molar-refractivity contribution in [3.8, 4) is 0 Å². The highest BCUT2D eigenvalue weighted by atomic mass is 31.2. The third-order valence-corrected chi connectivity index (χ3v) is 5.45. The molecule has 0 amide bonds. The minimum atomic E-state index is -3.79. The molecule has 0 atom stereocenters. The van der Waals surface area contributed by atoms with E-state index in [0.717, 1.165) is 51.7 Å². The normalized spacial score (nSPS) is 12.0. The summed E-state index contributed by atoms with van der Waals surface area (Å²) in [6.45, 7) is 4.24. The van der Waals surface area contributed by atoms with Crippen LogP contribution in [0, 0.1) is 0 Å². The second-order valence-electron chi connectivity index (χ2n) is 7.27. The summed E-state index contributed by atoms with van der Waals surface area (Å²) in [7, 11) is -3.79. The molecule has 0 bridgehead atoms. The van der Waals surface area contributed by atoms with Crippen LogP contribution in [-0.2, 0) is 14.0 Å². The Hall–Kier alpha value is 0.0700. The molecule has 0 fully saturated rings. The van der Waals surface area contributed by atoms with Crippen molar-refractivity contribution in [3.05, 3.63) is 0 Å². The van der Waals surface area contributed by atoms with Gasteiger partial charge in [-0.05, 0) is 19.3 Å². The van der Waals surface area contributed by atoms with Crippen molar-refractivity contribution in [3.63, 3.8) is 0 Å². The van der Waals surface area contributed by atoms with Gasteiger partial charge >= 0.3 is 7.60 Å². The van der Waals surface area contributed by atoms with E-state index in [0.29, 0.717) is 13.2 Å². The minimum Gasteiger partial charge on any atom is -0.355 e. The molecule has 0 saturated heterocycles. The predicted molar refractivity (Wildman–Crippen MR) is 109 cm³/mol. The Morgan fingerprint density at radius 1 is 0.615 bits per heavy atom. The van der Waals surface area contributed by atoms with Gasteiger partial charge in [0.2, 0.25) is 0 Å².